The van der Waals surface area contributed by atoms with Gasteiger partial charge in [-0.15, -0.1) is 11.8 Å². The predicted molar refractivity (Wildman–Crippen MR) is 132 cm³/mol. The van der Waals surface area contributed by atoms with E-state index in [1.54, 1.807) is 43.1 Å². The number of carbonyl (C=O) groups excluding carboxylic acids is 3. The molecule has 0 aromatic heterocycles. The SMILES string of the molecule is COC(=O)C1=C(C)NC(=O)NC1c1ccc(OCC(=O)N/N=C/c2ccc(SC)cc2)c(OC)c1. The fourth-order valence-electron chi connectivity index (χ4n) is 3.35. The number of ether oxygens (including phenoxy) is 3. The van der Waals surface area contributed by atoms with E-state index in [0.717, 1.165) is 10.5 Å². The topological polar surface area (TPSA) is 127 Å². The summed E-state index contributed by atoms with van der Waals surface area (Å²) >= 11 is 1.64. The largest absolute Gasteiger partial charge is 0.493 e. The zero-order valence-electron chi connectivity index (χ0n) is 19.7. The molecule has 184 valence electrons. The molecular weight excluding hydrogens is 472 g/mol. The summed E-state index contributed by atoms with van der Waals surface area (Å²) in [7, 11) is 2.71. The van der Waals surface area contributed by atoms with Gasteiger partial charge in [-0.05, 0) is 48.6 Å². The molecule has 1 aliphatic heterocycles. The van der Waals surface area contributed by atoms with Crippen LogP contribution in [0, 0.1) is 0 Å². The van der Waals surface area contributed by atoms with E-state index in [4.69, 9.17) is 14.2 Å². The van der Waals surface area contributed by atoms with Crippen molar-refractivity contribution in [3.63, 3.8) is 0 Å². The molecule has 11 heteroatoms. The van der Waals surface area contributed by atoms with Gasteiger partial charge in [0.15, 0.2) is 18.1 Å². The molecular formula is C24H26N4O6S. The number of nitrogens with zero attached hydrogens (tertiary/aromatic N) is 1. The summed E-state index contributed by atoms with van der Waals surface area (Å²) in [6.07, 6.45) is 3.54. The van der Waals surface area contributed by atoms with Gasteiger partial charge in [0.1, 0.15) is 0 Å². The van der Waals surface area contributed by atoms with Crippen molar-refractivity contribution in [1.82, 2.24) is 16.1 Å². The van der Waals surface area contributed by atoms with E-state index in [1.165, 1.54) is 14.2 Å². The third kappa shape index (κ3) is 6.54. The molecule has 2 aromatic carbocycles. The fourth-order valence-corrected chi connectivity index (χ4v) is 3.76. The van der Waals surface area contributed by atoms with Crippen LogP contribution >= 0.6 is 11.8 Å². The van der Waals surface area contributed by atoms with Gasteiger partial charge in [0.2, 0.25) is 0 Å². The Labute approximate surface area is 207 Å². The van der Waals surface area contributed by atoms with Gasteiger partial charge in [0.25, 0.3) is 5.91 Å². The Bertz CT molecular complexity index is 1160. The van der Waals surface area contributed by atoms with Crippen molar-refractivity contribution < 1.29 is 28.6 Å². The number of rotatable bonds is 9. The molecule has 10 nitrogen and oxygen atoms in total. The molecule has 1 aliphatic rings. The second kappa shape index (κ2) is 11.9. The standard InChI is InChI=1S/C24H26N4O6S/c1-14-21(23(30)33-3)22(27-24(31)26-14)16-7-10-18(19(11-16)32-2)34-13-20(29)28-25-12-15-5-8-17(35-4)9-6-15/h5-12,22H,13H2,1-4H3,(H,28,29)(H2,26,27,31)/b25-12+. The van der Waals surface area contributed by atoms with Crippen LogP contribution in [0.3, 0.4) is 0 Å². The minimum atomic E-state index is -0.748. The lowest BCUT2D eigenvalue weighted by Gasteiger charge is -2.28. The quantitative estimate of drug-likeness (QED) is 0.210. The van der Waals surface area contributed by atoms with Crippen molar-refractivity contribution in [1.29, 1.82) is 0 Å². The number of methoxy groups -OCH3 is 2. The lowest BCUT2D eigenvalue weighted by molar-refractivity contribution is -0.136. The van der Waals surface area contributed by atoms with Gasteiger partial charge in [-0.3, -0.25) is 4.79 Å². The van der Waals surface area contributed by atoms with E-state index in [9.17, 15) is 14.4 Å². The highest BCUT2D eigenvalue weighted by atomic mass is 32.2. The molecule has 0 bridgehead atoms. The van der Waals surface area contributed by atoms with Crippen molar-refractivity contribution >= 4 is 35.9 Å². The van der Waals surface area contributed by atoms with Crippen LogP contribution in [0.1, 0.15) is 24.1 Å². The van der Waals surface area contributed by atoms with Crippen molar-refractivity contribution in [2.75, 3.05) is 27.1 Å². The van der Waals surface area contributed by atoms with Gasteiger partial charge < -0.3 is 24.8 Å². The molecule has 0 spiro atoms. The number of amides is 3. The van der Waals surface area contributed by atoms with E-state index in [0.29, 0.717) is 22.8 Å². The van der Waals surface area contributed by atoms with Crippen LogP contribution in [0.5, 0.6) is 11.5 Å². The van der Waals surface area contributed by atoms with E-state index in [1.807, 2.05) is 30.5 Å². The first kappa shape index (κ1) is 25.6. The second-order valence-corrected chi connectivity index (χ2v) is 8.21. The summed E-state index contributed by atoms with van der Waals surface area (Å²) in [4.78, 5) is 37.6. The molecule has 0 aliphatic carbocycles. The maximum Gasteiger partial charge on any atom is 0.337 e. The highest BCUT2D eigenvalue weighted by Gasteiger charge is 2.32. The van der Waals surface area contributed by atoms with Gasteiger partial charge in [-0.2, -0.15) is 5.10 Å². The van der Waals surface area contributed by atoms with Gasteiger partial charge in [0, 0.05) is 10.6 Å². The van der Waals surface area contributed by atoms with Crippen LogP contribution in [-0.4, -0.2) is 51.2 Å². The molecule has 0 radical (unpaired) electrons. The molecule has 3 N–H and O–H groups in total. The molecule has 0 saturated carbocycles. The molecule has 2 aromatic rings. The summed E-state index contributed by atoms with van der Waals surface area (Å²) in [6.45, 7) is 1.32. The number of allylic oxidation sites excluding steroid dienone is 1. The molecule has 1 atom stereocenters. The Kier molecular flexibility index (Phi) is 8.74. The number of hydrogen-bond donors (Lipinski definition) is 3. The number of hydrogen-bond acceptors (Lipinski definition) is 8. The zero-order chi connectivity index (χ0) is 25.4. The summed E-state index contributed by atoms with van der Waals surface area (Å²) < 4.78 is 15.8. The van der Waals surface area contributed by atoms with E-state index in [-0.39, 0.29) is 12.2 Å². The molecule has 0 fully saturated rings. The predicted octanol–water partition coefficient (Wildman–Crippen LogP) is 2.75. The number of benzene rings is 2. The monoisotopic (exact) mass is 498 g/mol. The minimum Gasteiger partial charge on any atom is -0.493 e. The average molecular weight is 499 g/mol. The molecule has 3 rings (SSSR count). The van der Waals surface area contributed by atoms with E-state index in [2.05, 4.69) is 21.2 Å². The molecule has 3 amide bonds. The van der Waals surface area contributed by atoms with Crippen LogP contribution in [0.15, 0.2) is 63.7 Å². The van der Waals surface area contributed by atoms with Crippen LogP contribution in [0.4, 0.5) is 4.79 Å². The molecule has 1 heterocycles. The van der Waals surface area contributed by atoms with Crippen molar-refractivity contribution in [2.45, 2.75) is 17.9 Å². The molecule has 0 saturated heterocycles. The van der Waals surface area contributed by atoms with Crippen LogP contribution in [0.2, 0.25) is 0 Å². The van der Waals surface area contributed by atoms with Crippen LogP contribution in [-0.2, 0) is 14.3 Å². The van der Waals surface area contributed by atoms with Gasteiger partial charge in [-0.25, -0.2) is 15.0 Å². The summed E-state index contributed by atoms with van der Waals surface area (Å²) in [5.41, 5.74) is 4.49. The number of hydrazone groups is 1. The second-order valence-electron chi connectivity index (χ2n) is 7.33. The first-order valence-corrected chi connectivity index (χ1v) is 11.7. The Morgan fingerprint density at radius 1 is 1.14 bits per heavy atom. The average Bonchev–Trinajstić information content (AvgIpc) is 2.86. The maximum absolute atomic E-state index is 12.3. The minimum absolute atomic E-state index is 0.267. The van der Waals surface area contributed by atoms with E-state index < -0.39 is 23.9 Å². The highest BCUT2D eigenvalue weighted by Crippen LogP contribution is 2.34. The first-order valence-electron chi connectivity index (χ1n) is 10.5. The Hall–Kier alpha value is -3.99. The Morgan fingerprint density at radius 2 is 1.89 bits per heavy atom. The normalized spacial score (nSPS) is 15.3. The third-order valence-corrected chi connectivity index (χ3v) is 5.82. The number of carbonyl (C=O) groups is 3. The lowest BCUT2D eigenvalue weighted by Crippen LogP contribution is -2.45. The fraction of sp³-hybridized carbons (Fsp3) is 0.250. The lowest BCUT2D eigenvalue weighted by atomic mass is 9.95. The van der Waals surface area contributed by atoms with Crippen LogP contribution < -0.4 is 25.5 Å². The van der Waals surface area contributed by atoms with Gasteiger partial charge in [-0.1, -0.05) is 18.2 Å². The number of esters is 1. The van der Waals surface area contributed by atoms with Gasteiger partial charge in [0.05, 0.1) is 32.0 Å². The third-order valence-electron chi connectivity index (χ3n) is 5.07. The van der Waals surface area contributed by atoms with Gasteiger partial charge >= 0.3 is 12.0 Å². The smallest absolute Gasteiger partial charge is 0.337 e. The molecule has 35 heavy (non-hydrogen) atoms. The number of thioether (sulfide) groups is 1. The van der Waals surface area contributed by atoms with Crippen molar-refractivity contribution in [3.8, 4) is 11.5 Å². The maximum atomic E-state index is 12.3. The summed E-state index contributed by atoms with van der Waals surface area (Å²) in [6, 6.07) is 11.4. The van der Waals surface area contributed by atoms with E-state index >= 15 is 0 Å². The first-order chi connectivity index (χ1) is 16.9. The van der Waals surface area contributed by atoms with Crippen molar-refractivity contribution in [2.24, 2.45) is 5.10 Å². The summed E-state index contributed by atoms with van der Waals surface area (Å²) in [5, 5.41) is 9.21. The zero-order valence-corrected chi connectivity index (χ0v) is 20.5. The van der Waals surface area contributed by atoms with Crippen molar-refractivity contribution in [3.05, 3.63) is 64.9 Å². The Morgan fingerprint density at radius 3 is 2.54 bits per heavy atom. The highest BCUT2D eigenvalue weighted by molar-refractivity contribution is 7.98. The molecule has 1 unspecified atom stereocenters. The summed E-state index contributed by atoms with van der Waals surface area (Å²) in [5.74, 6) is -0.395. The number of urea groups is 1. The Balaban J connectivity index is 1.66. The van der Waals surface area contributed by atoms with Crippen LogP contribution in [0.25, 0.3) is 0 Å². The number of nitrogens with one attached hydrogen (secondary N) is 3.